The molecule has 1 amide bonds. The Morgan fingerprint density at radius 2 is 2.07 bits per heavy atom. The van der Waals surface area contributed by atoms with Gasteiger partial charge < -0.3 is 14.2 Å². The number of aryl methyl sites for hydroxylation is 1. The molecule has 1 aliphatic heterocycles. The first-order valence-corrected chi connectivity index (χ1v) is 9.55. The van der Waals surface area contributed by atoms with Crippen LogP contribution in [-0.4, -0.2) is 35.5 Å². The van der Waals surface area contributed by atoms with Crippen molar-refractivity contribution in [1.29, 1.82) is 5.26 Å². The lowest BCUT2D eigenvalue weighted by Crippen LogP contribution is -2.25. The molecule has 150 valence electrons. The van der Waals surface area contributed by atoms with Gasteiger partial charge in [0.25, 0.3) is 0 Å². The van der Waals surface area contributed by atoms with Crippen LogP contribution in [0.2, 0.25) is 0 Å². The number of carbonyl (C=O) groups excluding carboxylic acids is 1. The van der Waals surface area contributed by atoms with E-state index < -0.39 is 6.23 Å². The largest absolute Gasteiger partial charge is 0.467 e. The topological polar surface area (TPSA) is 97.0 Å². The van der Waals surface area contributed by atoms with E-state index in [0.29, 0.717) is 15.7 Å². The highest BCUT2D eigenvalue weighted by atomic mass is 79.9. The first-order valence-electron chi connectivity index (χ1n) is 8.76. The summed E-state index contributed by atoms with van der Waals surface area (Å²) < 4.78 is 17.5. The Balaban J connectivity index is 1.82. The standard InChI is InChI=1S/C20H19BrN4O4/c1-12-18(21)16(10-27-3)15(9-22)19(23-12)28-11-17-24-25(13(2)26)20(29-17)14-7-5-4-6-8-14/h4-8,20H,10-11H2,1-3H3/t20-/m0/s1. The predicted molar refractivity (Wildman–Crippen MR) is 108 cm³/mol. The Kier molecular flexibility index (Phi) is 6.46. The van der Waals surface area contributed by atoms with Crippen molar-refractivity contribution in [3.8, 4) is 11.9 Å². The third-order valence-corrected chi connectivity index (χ3v) is 5.25. The molecule has 1 aromatic heterocycles. The van der Waals surface area contributed by atoms with Gasteiger partial charge in [-0.15, -0.1) is 5.10 Å². The maximum absolute atomic E-state index is 12.0. The van der Waals surface area contributed by atoms with Gasteiger partial charge in [-0.25, -0.2) is 4.98 Å². The van der Waals surface area contributed by atoms with Crippen molar-refractivity contribution in [2.75, 3.05) is 13.7 Å². The van der Waals surface area contributed by atoms with E-state index in [1.54, 1.807) is 14.0 Å². The Labute approximate surface area is 176 Å². The minimum Gasteiger partial charge on any atom is -0.467 e. The van der Waals surface area contributed by atoms with E-state index >= 15 is 0 Å². The quantitative estimate of drug-likeness (QED) is 0.657. The van der Waals surface area contributed by atoms with Crippen LogP contribution < -0.4 is 4.74 Å². The number of nitrogens with zero attached hydrogens (tertiary/aromatic N) is 4. The Morgan fingerprint density at radius 1 is 1.34 bits per heavy atom. The molecule has 1 aromatic carbocycles. The Hall–Kier alpha value is -2.96. The first-order chi connectivity index (χ1) is 14.0. The lowest BCUT2D eigenvalue weighted by molar-refractivity contribution is -0.135. The Morgan fingerprint density at radius 3 is 2.69 bits per heavy atom. The van der Waals surface area contributed by atoms with Crippen molar-refractivity contribution in [3.05, 3.63) is 57.2 Å². The van der Waals surface area contributed by atoms with Crippen molar-refractivity contribution in [2.24, 2.45) is 5.10 Å². The minimum atomic E-state index is -0.661. The zero-order chi connectivity index (χ0) is 21.0. The smallest absolute Gasteiger partial charge is 0.247 e. The molecule has 0 saturated carbocycles. The number of pyridine rings is 1. The van der Waals surface area contributed by atoms with Crippen LogP contribution in [0.5, 0.6) is 5.88 Å². The van der Waals surface area contributed by atoms with E-state index in [4.69, 9.17) is 14.2 Å². The van der Waals surface area contributed by atoms with Crippen LogP contribution in [-0.2, 0) is 20.9 Å². The van der Waals surface area contributed by atoms with Gasteiger partial charge in [-0.05, 0) is 22.9 Å². The van der Waals surface area contributed by atoms with Crippen LogP contribution in [0, 0.1) is 18.3 Å². The Bertz CT molecular complexity index is 988. The third-order valence-electron chi connectivity index (χ3n) is 4.20. The van der Waals surface area contributed by atoms with Gasteiger partial charge in [0, 0.05) is 29.6 Å². The number of hydrogen-bond acceptors (Lipinski definition) is 7. The molecule has 1 aliphatic rings. The van der Waals surface area contributed by atoms with Crippen LogP contribution in [0.15, 0.2) is 39.9 Å². The van der Waals surface area contributed by atoms with Crippen molar-refractivity contribution < 1.29 is 19.0 Å². The van der Waals surface area contributed by atoms with Gasteiger partial charge >= 0.3 is 0 Å². The second-order valence-electron chi connectivity index (χ2n) is 6.24. The second kappa shape index (κ2) is 9.03. The van der Waals surface area contributed by atoms with Crippen LogP contribution in [0.1, 0.15) is 35.5 Å². The maximum atomic E-state index is 12.0. The van der Waals surface area contributed by atoms with Crippen LogP contribution in [0.3, 0.4) is 0 Å². The van der Waals surface area contributed by atoms with Crippen LogP contribution >= 0.6 is 15.9 Å². The van der Waals surface area contributed by atoms with E-state index in [1.165, 1.54) is 11.9 Å². The molecule has 0 radical (unpaired) electrons. The lowest BCUT2D eigenvalue weighted by Gasteiger charge is -2.19. The number of aromatic nitrogens is 1. The van der Waals surface area contributed by atoms with Gasteiger partial charge in [0.2, 0.25) is 23.9 Å². The molecule has 2 aromatic rings. The van der Waals surface area contributed by atoms with Gasteiger partial charge in [-0.3, -0.25) is 4.79 Å². The molecule has 0 spiro atoms. The van der Waals surface area contributed by atoms with Gasteiger partial charge in [-0.1, -0.05) is 30.3 Å². The number of ether oxygens (including phenoxy) is 3. The molecular weight excluding hydrogens is 440 g/mol. The maximum Gasteiger partial charge on any atom is 0.247 e. The van der Waals surface area contributed by atoms with E-state index in [2.05, 4.69) is 32.1 Å². The molecule has 9 heteroatoms. The van der Waals surface area contributed by atoms with Crippen molar-refractivity contribution in [2.45, 2.75) is 26.7 Å². The van der Waals surface area contributed by atoms with E-state index in [-0.39, 0.29) is 36.5 Å². The number of carbonyl (C=O) groups is 1. The van der Waals surface area contributed by atoms with Crippen molar-refractivity contribution in [1.82, 2.24) is 9.99 Å². The number of hydrogen-bond donors (Lipinski definition) is 0. The molecule has 2 heterocycles. The number of rotatable bonds is 6. The minimum absolute atomic E-state index is 0.0811. The summed E-state index contributed by atoms with van der Waals surface area (Å²) >= 11 is 3.44. The van der Waals surface area contributed by atoms with Crippen molar-refractivity contribution >= 4 is 27.7 Å². The van der Waals surface area contributed by atoms with Crippen molar-refractivity contribution in [3.63, 3.8) is 0 Å². The molecule has 3 rings (SSSR count). The zero-order valence-electron chi connectivity index (χ0n) is 16.2. The number of halogens is 1. The molecule has 1 atom stereocenters. The number of hydrazone groups is 1. The van der Waals surface area contributed by atoms with Gasteiger partial charge in [-0.2, -0.15) is 10.3 Å². The highest BCUT2D eigenvalue weighted by molar-refractivity contribution is 9.10. The zero-order valence-corrected chi connectivity index (χ0v) is 17.8. The highest BCUT2D eigenvalue weighted by Crippen LogP contribution is 2.31. The summed E-state index contributed by atoms with van der Waals surface area (Å²) in [5.74, 6) is 0.115. The fourth-order valence-corrected chi connectivity index (χ4v) is 3.25. The van der Waals surface area contributed by atoms with E-state index in [1.807, 2.05) is 30.3 Å². The van der Waals surface area contributed by atoms with E-state index in [0.717, 1.165) is 5.56 Å². The normalized spacial score (nSPS) is 15.5. The summed E-state index contributed by atoms with van der Waals surface area (Å²) in [6.45, 7) is 3.36. The number of methoxy groups -OCH3 is 1. The van der Waals surface area contributed by atoms with Gasteiger partial charge in [0.15, 0.2) is 6.61 Å². The van der Waals surface area contributed by atoms with Gasteiger partial charge in [0.05, 0.1) is 12.3 Å². The summed E-state index contributed by atoms with van der Waals surface area (Å²) in [6.07, 6.45) is -0.661. The number of benzene rings is 1. The molecule has 0 fully saturated rings. The summed E-state index contributed by atoms with van der Waals surface area (Å²) in [4.78, 5) is 16.3. The molecule has 0 N–H and O–H groups in total. The number of amides is 1. The lowest BCUT2D eigenvalue weighted by atomic mass is 10.1. The van der Waals surface area contributed by atoms with Crippen LogP contribution in [0.25, 0.3) is 0 Å². The summed E-state index contributed by atoms with van der Waals surface area (Å²) in [5, 5.41) is 15.1. The molecule has 8 nitrogen and oxygen atoms in total. The molecule has 29 heavy (non-hydrogen) atoms. The fraction of sp³-hybridized carbons (Fsp3) is 0.300. The summed E-state index contributed by atoms with van der Waals surface area (Å²) in [5.41, 5.74) is 2.37. The average Bonchev–Trinajstić information content (AvgIpc) is 3.15. The molecule has 0 aliphatic carbocycles. The highest BCUT2D eigenvalue weighted by Gasteiger charge is 2.32. The van der Waals surface area contributed by atoms with E-state index in [9.17, 15) is 10.1 Å². The number of nitriles is 1. The monoisotopic (exact) mass is 458 g/mol. The fourth-order valence-electron chi connectivity index (χ4n) is 2.84. The average molecular weight is 459 g/mol. The molecule has 0 bridgehead atoms. The summed E-state index contributed by atoms with van der Waals surface area (Å²) in [6, 6.07) is 11.4. The molecule has 0 unspecified atom stereocenters. The van der Waals surface area contributed by atoms with Gasteiger partial charge in [0.1, 0.15) is 11.6 Å². The molecular formula is C20H19BrN4O4. The predicted octanol–water partition coefficient (Wildman–Crippen LogP) is 3.44. The molecule has 0 saturated heterocycles. The second-order valence-corrected chi connectivity index (χ2v) is 7.03. The first kappa shape index (κ1) is 20.8. The SMILES string of the molecule is COCc1c(Br)c(C)nc(OCC2=NN(C(C)=O)[C@H](c3ccccc3)O2)c1C#N. The third kappa shape index (κ3) is 4.39. The summed E-state index contributed by atoms with van der Waals surface area (Å²) in [7, 11) is 1.55. The van der Waals surface area contributed by atoms with Crippen LogP contribution in [0.4, 0.5) is 0 Å².